The fourth-order valence-corrected chi connectivity index (χ4v) is 3.37. The maximum absolute atomic E-state index is 12.6. The monoisotopic (exact) mass is 259 g/mol. The topological polar surface area (TPSA) is 20.3 Å². The van der Waals surface area contributed by atoms with Gasteiger partial charge in [-0.25, -0.2) is 0 Å². The second-order valence-electron chi connectivity index (χ2n) is 6.05. The van der Waals surface area contributed by atoms with Gasteiger partial charge in [-0.2, -0.15) is 0 Å². The maximum atomic E-state index is 12.6. The number of hydrogen-bond acceptors (Lipinski definition) is 2. The zero-order chi connectivity index (χ0) is 13.8. The molecule has 0 saturated carbocycles. The standard InChI is InChI=1S/C17H25NO/c1-4-16(17(19)15-8-6-5-7-9-15)18-11-13(2)10-14(3)12-18/h5-9,13-14,16H,4,10-12H2,1-3H3. The van der Waals surface area contributed by atoms with Crippen LogP contribution in [-0.4, -0.2) is 29.8 Å². The van der Waals surface area contributed by atoms with Gasteiger partial charge in [-0.15, -0.1) is 0 Å². The van der Waals surface area contributed by atoms with Crippen LogP contribution in [0.2, 0.25) is 0 Å². The van der Waals surface area contributed by atoms with Crippen molar-refractivity contribution in [2.45, 2.75) is 39.7 Å². The van der Waals surface area contributed by atoms with Crippen molar-refractivity contribution in [2.24, 2.45) is 11.8 Å². The number of carbonyl (C=O) groups excluding carboxylic acids is 1. The van der Waals surface area contributed by atoms with Crippen molar-refractivity contribution >= 4 is 5.78 Å². The highest BCUT2D eigenvalue weighted by atomic mass is 16.1. The van der Waals surface area contributed by atoms with Crippen LogP contribution in [0.3, 0.4) is 0 Å². The number of hydrogen-bond donors (Lipinski definition) is 0. The van der Waals surface area contributed by atoms with E-state index in [1.54, 1.807) is 0 Å². The minimum Gasteiger partial charge on any atom is -0.293 e. The Balaban J connectivity index is 2.13. The summed E-state index contributed by atoms with van der Waals surface area (Å²) in [5, 5.41) is 0. The van der Waals surface area contributed by atoms with E-state index >= 15 is 0 Å². The van der Waals surface area contributed by atoms with Crippen molar-refractivity contribution in [1.29, 1.82) is 0 Å². The second kappa shape index (κ2) is 6.33. The first kappa shape index (κ1) is 14.3. The molecule has 1 heterocycles. The number of rotatable bonds is 4. The third-order valence-corrected chi connectivity index (χ3v) is 4.09. The molecule has 19 heavy (non-hydrogen) atoms. The molecule has 2 nitrogen and oxygen atoms in total. The number of likely N-dealkylation sites (tertiary alicyclic amines) is 1. The summed E-state index contributed by atoms with van der Waals surface area (Å²) in [5.74, 6) is 1.67. The van der Waals surface area contributed by atoms with Crippen molar-refractivity contribution < 1.29 is 4.79 Å². The maximum Gasteiger partial charge on any atom is 0.179 e. The van der Waals surface area contributed by atoms with Gasteiger partial charge in [0.1, 0.15) is 0 Å². The summed E-state index contributed by atoms with van der Waals surface area (Å²) in [6, 6.07) is 9.77. The quantitative estimate of drug-likeness (QED) is 0.770. The first-order chi connectivity index (χ1) is 9.11. The van der Waals surface area contributed by atoms with Gasteiger partial charge in [-0.05, 0) is 24.7 Å². The van der Waals surface area contributed by atoms with Crippen LogP contribution < -0.4 is 0 Å². The van der Waals surface area contributed by atoms with Gasteiger partial charge in [0.2, 0.25) is 0 Å². The van der Waals surface area contributed by atoms with Crippen LogP contribution in [0, 0.1) is 11.8 Å². The summed E-state index contributed by atoms with van der Waals surface area (Å²) in [7, 11) is 0. The molecular formula is C17H25NO. The lowest BCUT2D eigenvalue weighted by Crippen LogP contribution is -2.48. The third kappa shape index (κ3) is 3.44. The van der Waals surface area contributed by atoms with E-state index in [1.807, 2.05) is 30.3 Å². The summed E-state index contributed by atoms with van der Waals surface area (Å²) >= 11 is 0. The number of piperidine rings is 1. The van der Waals surface area contributed by atoms with Gasteiger partial charge in [0.15, 0.2) is 5.78 Å². The Morgan fingerprint density at radius 3 is 2.32 bits per heavy atom. The molecule has 0 amide bonds. The molecule has 1 saturated heterocycles. The van der Waals surface area contributed by atoms with Crippen molar-refractivity contribution in [3.05, 3.63) is 35.9 Å². The molecule has 0 spiro atoms. The van der Waals surface area contributed by atoms with Gasteiger partial charge in [0, 0.05) is 18.7 Å². The minimum absolute atomic E-state index is 0.0487. The molecule has 0 radical (unpaired) electrons. The van der Waals surface area contributed by atoms with Crippen molar-refractivity contribution in [2.75, 3.05) is 13.1 Å². The van der Waals surface area contributed by atoms with E-state index in [9.17, 15) is 4.79 Å². The highest BCUT2D eigenvalue weighted by Crippen LogP contribution is 2.25. The van der Waals surface area contributed by atoms with Crippen LogP contribution in [0.4, 0.5) is 0 Å². The van der Waals surface area contributed by atoms with E-state index in [-0.39, 0.29) is 11.8 Å². The Morgan fingerprint density at radius 1 is 1.21 bits per heavy atom. The summed E-state index contributed by atoms with van der Waals surface area (Å²) in [5.41, 5.74) is 0.847. The van der Waals surface area contributed by atoms with Crippen LogP contribution in [0.1, 0.15) is 44.0 Å². The third-order valence-electron chi connectivity index (χ3n) is 4.09. The molecule has 1 aromatic rings. The van der Waals surface area contributed by atoms with Gasteiger partial charge in [0.05, 0.1) is 6.04 Å². The van der Waals surface area contributed by atoms with E-state index in [0.29, 0.717) is 11.8 Å². The Labute approximate surface area is 116 Å². The number of carbonyl (C=O) groups is 1. The summed E-state index contributed by atoms with van der Waals surface area (Å²) in [6.07, 6.45) is 2.18. The lowest BCUT2D eigenvalue weighted by molar-refractivity contribution is 0.0640. The Kier molecular flexibility index (Phi) is 4.76. The minimum atomic E-state index is 0.0487. The van der Waals surface area contributed by atoms with Crippen molar-refractivity contribution in [3.63, 3.8) is 0 Å². The summed E-state index contributed by atoms with van der Waals surface area (Å²) in [4.78, 5) is 15.0. The molecule has 1 aliphatic rings. The van der Waals surface area contributed by atoms with E-state index in [1.165, 1.54) is 6.42 Å². The smallest absolute Gasteiger partial charge is 0.179 e. The van der Waals surface area contributed by atoms with Gasteiger partial charge < -0.3 is 0 Å². The zero-order valence-electron chi connectivity index (χ0n) is 12.3. The molecule has 1 aromatic carbocycles. The molecule has 104 valence electrons. The van der Waals surface area contributed by atoms with Crippen LogP contribution in [0.25, 0.3) is 0 Å². The largest absolute Gasteiger partial charge is 0.293 e. The average molecular weight is 259 g/mol. The van der Waals surface area contributed by atoms with E-state index < -0.39 is 0 Å². The first-order valence-corrected chi connectivity index (χ1v) is 7.45. The molecule has 0 aliphatic carbocycles. The summed E-state index contributed by atoms with van der Waals surface area (Å²) < 4.78 is 0. The van der Waals surface area contributed by atoms with Gasteiger partial charge >= 0.3 is 0 Å². The molecule has 1 fully saturated rings. The lowest BCUT2D eigenvalue weighted by atomic mass is 9.89. The number of Topliss-reactive ketones (excluding diaryl/α,β-unsaturated/α-hetero) is 1. The molecule has 3 unspecified atom stereocenters. The van der Waals surface area contributed by atoms with Crippen molar-refractivity contribution in [3.8, 4) is 0 Å². The van der Waals surface area contributed by atoms with Crippen LogP contribution in [-0.2, 0) is 0 Å². The lowest BCUT2D eigenvalue weighted by Gasteiger charge is -2.39. The molecule has 0 bridgehead atoms. The fraction of sp³-hybridized carbons (Fsp3) is 0.588. The fourth-order valence-electron chi connectivity index (χ4n) is 3.37. The Bertz CT molecular complexity index is 405. The molecule has 1 aliphatic heterocycles. The van der Waals surface area contributed by atoms with Crippen molar-refractivity contribution in [1.82, 2.24) is 4.90 Å². The molecule has 0 aromatic heterocycles. The zero-order valence-corrected chi connectivity index (χ0v) is 12.3. The van der Waals surface area contributed by atoms with Gasteiger partial charge in [0.25, 0.3) is 0 Å². The predicted octanol–water partition coefficient (Wildman–Crippen LogP) is 3.63. The Hall–Kier alpha value is -1.15. The SMILES string of the molecule is CCC(C(=O)c1ccccc1)N1CC(C)CC(C)C1. The molecule has 2 rings (SSSR count). The number of nitrogens with zero attached hydrogens (tertiary/aromatic N) is 1. The van der Waals surface area contributed by atoms with Gasteiger partial charge in [-0.1, -0.05) is 51.1 Å². The molecule has 0 N–H and O–H groups in total. The second-order valence-corrected chi connectivity index (χ2v) is 6.05. The van der Waals surface area contributed by atoms with E-state index in [2.05, 4.69) is 25.7 Å². The predicted molar refractivity (Wildman–Crippen MR) is 79.4 cm³/mol. The summed E-state index contributed by atoms with van der Waals surface area (Å²) in [6.45, 7) is 8.82. The number of ketones is 1. The van der Waals surface area contributed by atoms with Gasteiger partial charge in [-0.3, -0.25) is 9.69 Å². The molecule has 2 heteroatoms. The molecular weight excluding hydrogens is 234 g/mol. The van der Waals surface area contributed by atoms with Crippen LogP contribution in [0.15, 0.2) is 30.3 Å². The molecule has 3 atom stereocenters. The Morgan fingerprint density at radius 2 is 1.79 bits per heavy atom. The first-order valence-electron chi connectivity index (χ1n) is 7.45. The highest BCUT2D eigenvalue weighted by Gasteiger charge is 2.30. The van der Waals surface area contributed by atoms with Crippen LogP contribution >= 0.6 is 0 Å². The van der Waals surface area contributed by atoms with Crippen LogP contribution in [0.5, 0.6) is 0 Å². The number of benzene rings is 1. The van der Waals surface area contributed by atoms with E-state index in [0.717, 1.165) is 25.1 Å². The average Bonchev–Trinajstić information content (AvgIpc) is 2.39. The van der Waals surface area contributed by atoms with E-state index in [4.69, 9.17) is 0 Å². The normalized spacial score (nSPS) is 26.1. The highest BCUT2D eigenvalue weighted by molar-refractivity contribution is 6.00.